The van der Waals surface area contributed by atoms with Gasteiger partial charge in [-0.3, -0.25) is 0 Å². The fraction of sp³-hybridized carbons (Fsp3) is 0.200. The third-order valence-corrected chi connectivity index (χ3v) is 9.30. The van der Waals surface area contributed by atoms with E-state index >= 15 is 0 Å². The molecule has 0 fully saturated rings. The minimum Gasteiger partial charge on any atom is -0.497 e. The average Bonchev–Trinajstić information content (AvgIpc) is 2.75. The summed E-state index contributed by atoms with van der Waals surface area (Å²) in [6.07, 6.45) is -0.670. The van der Waals surface area contributed by atoms with Crippen LogP contribution in [0.25, 0.3) is 0 Å². The summed E-state index contributed by atoms with van der Waals surface area (Å²) in [7, 11) is -0.374. The SMILES string of the molecule is C=C([C@@H](c1ccccc1)[C@H](O)c1ccc(OC)cc1)[Si](C)(C)c1ccccc1. The lowest BCUT2D eigenvalue weighted by Crippen LogP contribution is -2.46. The fourth-order valence-electron chi connectivity index (χ4n) is 3.66. The lowest BCUT2D eigenvalue weighted by Gasteiger charge is -2.35. The van der Waals surface area contributed by atoms with Gasteiger partial charge >= 0.3 is 0 Å². The standard InChI is InChI=1S/C25H28O2Si/c1-19(28(3,4)23-13-9-6-10-14-23)24(20-11-7-5-8-12-20)25(26)21-15-17-22(27-2)18-16-21/h5-18,24-26H,1H2,2-4H3/t24-,25+/m0/s1. The summed E-state index contributed by atoms with van der Waals surface area (Å²) >= 11 is 0. The van der Waals surface area contributed by atoms with E-state index in [1.54, 1.807) is 7.11 Å². The van der Waals surface area contributed by atoms with E-state index in [1.165, 1.54) is 5.19 Å². The molecule has 3 rings (SSSR count). The minimum absolute atomic E-state index is 0.170. The summed E-state index contributed by atoms with van der Waals surface area (Å²) in [5.74, 6) is 0.612. The van der Waals surface area contributed by atoms with Crippen LogP contribution in [0.5, 0.6) is 5.75 Å². The second-order valence-electron chi connectivity index (χ2n) is 7.62. The Hall–Kier alpha value is -2.62. The summed E-state index contributed by atoms with van der Waals surface area (Å²) < 4.78 is 5.26. The Morgan fingerprint density at radius 3 is 1.89 bits per heavy atom. The number of benzene rings is 3. The van der Waals surface area contributed by atoms with Gasteiger partial charge in [0.25, 0.3) is 0 Å². The average molecular weight is 389 g/mol. The Labute approximate surface area is 169 Å². The topological polar surface area (TPSA) is 29.5 Å². The Bertz CT molecular complexity index is 902. The highest BCUT2D eigenvalue weighted by Gasteiger charge is 2.36. The molecule has 3 aromatic carbocycles. The van der Waals surface area contributed by atoms with Crippen molar-refractivity contribution in [3.05, 3.63) is 108 Å². The largest absolute Gasteiger partial charge is 0.497 e. The molecule has 0 saturated carbocycles. The molecule has 0 aliphatic carbocycles. The molecule has 2 nitrogen and oxygen atoms in total. The number of rotatable bonds is 7. The van der Waals surface area contributed by atoms with Crippen molar-refractivity contribution in [1.82, 2.24) is 0 Å². The Morgan fingerprint density at radius 1 is 0.821 bits per heavy atom. The van der Waals surface area contributed by atoms with Crippen molar-refractivity contribution in [3.8, 4) is 5.75 Å². The Morgan fingerprint density at radius 2 is 1.36 bits per heavy atom. The van der Waals surface area contributed by atoms with E-state index in [9.17, 15) is 5.11 Å². The van der Waals surface area contributed by atoms with E-state index in [1.807, 2.05) is 48.5 Å². The first-order chi connectivity index (χ1) is 13.4. The summed E-state index contributed by atoms with van der Waals surface area (Å²) in [5, 5.41) is 13.8. The van der Waals surface area contributed by atoms with Crippen LogP contribution in [0.1, 0.15) is 23.1 Å². The zero-order valence-electron chi connectivity index (χ0n) is 16.8. The quantitative estimate of drug-likeness (QED) is 0.562. The molecule has 0 heterocycles. The molecule has 2 atom stereocenters. The van der Waals surface area contributed by atoms with Gasteiger partial charge < -0.3 is 9.84 Å². The number of methoxy groups -OCH3 is 1. The molecular formula is C25H28O2Si. The van der Waals surface area contributed by atoms with E-state index in [4.69, 9.17) is 4.74 Å². The van der Waals surface area contributed by atoms with Gasteiger partial charge in [-0.2, -0.15) is 0 Å². The molecule has 3 heteroatoms. The van der Waals surface area contributed by atoms with Crippen molar-refractivity contribution in [2.75, 3.05) is 7.11 Å². The van der Waals surface area contributed by atoms with E-state index in [0.717, 1.165) is 22.1 Å². The predicted molar refractivity (Wildman–Crippen MR) is 120 cm³/mol. The number of aliphatic hydroxyl groups is 1. The number of hydrogen-bond donors (Lipinski definition) is 1. The van der Waals surface area contributed by atoms with Gasteiger partial charge in [0.1, 0.15) is 13.8 Å². The maximum absolute atomic E-state index is 11.4. The maximum atomic E-state index is 11.4. The summed E-state index contributed by atoms with van der Waals surface area (Å²) in [5.41, 5.74) is 1.96. The van der Waals surface area contributed by atoms with Crippen LogP contribution < -0.4 is 9.92 Å². The van der Waals surface area contributed by atoms with Gasteiger partial charge in [-0.25, -0.2) is 0 Å². The van der Waals surface area contributed by atoms with Crippen molar-refractivity contribution in [1.29, 1.82) is 0 Å². The number of aliphatic hydroxyl groups excluding tert-OH is 1. The van der Waals surface area contributed by atoms with Crippen molar-refractivity contribution in [3.63, 3.8) is 0 Å². The van der Waals surface area contributed by atoms with Crippen LogP contribution >= 0.6 is 0 Å². The van der Waals surface area contributed by atoms with Crippen molar-refractivity contribution >= 4 is 13.3 Å². The highest BCUT2D eigenvalue weighted by molar-refractivity contribution is 6.95. The summed E-state index contributed by atoms with van der Waals surface area (Å²) in [6.45, 7) is 9.15. The summed E-state index contributed by atoms with van der Waals surface area (Å²) in [6, 6.07) is 28.4. The molecule has 3 aromatic rings. The van der Waals surface area contributed by atoms with Gasteiger partial charge in [0.2, 0.25) is 0 Å². The molecule has 0 radical (unpaired) electrons. The van der Waals surface area contributed by atoms with Crippen LogP contribution in [-0.4, -0.2) is 20.3 Å². The zero-order valence-corrected chi connectivity index (χ0v) is 17.8. The van der Waals surface area contributed by atoms with E-state index in [-0.39, 0.29) is 5.92 Å². The lowest BCUT2D eigenvalue weighted by atomic mass is 9.89. The molecule has 0 amide bonds. The van der Waals surface area contributed by atoms with Gasteiger partial charge in [-0.05, 0) is 23.3 Å². The van der Waals surface area contributed by atoms with Gasteiger partial charge in [0.05, 0.1) is 13.2 Å². The first-order valence-electron chi connectivity index (χ1n) is 9.57. The Balaban J connectivity index is 2.03. The second kappa shape index (κ2) is 8.59. The molecule has 28 heavy (non-hydrogen) atoms. The third kappa shape index (κ3) is 4.11. The van der Waals surface area contributed by atoms with Crippen LogP contribution in [0.15, 0.2) is 96.7 Å². The van der Waals surface area contributed by atoms with Gasteiger partial charge in [-0.1, -0.05) is 96.3 Å². The first-order valence-corrected chi connectivity index (χ1v) is 12.6. The first kappa shape index (κ1) is 20.1. The van der Waals surface area contributed by atoms with Crippen LogP contribution in [0.4, 0.5) is 0 Å². The van der Waals surface area contributed by atoms with Gasteiger partial charge in [0, 0.05) is 5.92 Å². The molecule has 0 bridgehead atoms. The number of ether oxygens (including phenoxy) is 1. The lowest BCUT2D eigenvalue weighted by molar-refractivity contribution is 0.160. The van der Waals surface area contributed by atoms with Gasteiger partial charge in [0.15, 0.2) is 0 Å². The molecule has 0 unspecified atom stereocenters. The van der Waals surface area contributed by atoms with E-state index in [0.29, 0.717) is 0 Å². The smallest absolute Gasteiger partial charge is 0.118 e. The van der Waals surface area contributed by atoms with Crippen molar-refractivity contribution in [2.45, 2.75) is 25.1 Å². The van der Waals surface area contributed by atoms with Crippen LogP contribution in [0.2, 0.25) is 13.1 Å². The van der Waals surface area contributed by atoms with Gasteiger partial charge in [-0.15, -0.1) is 6.58 Å². The van der Waals surface area contributed by atoms with Crippen LogP contribution in [0, 0.1) is 0 Å². The number of hydrogen-bond acceptors (Lipinski definition) is 2. The zero-order chi connectivity index (χ0) is 20.1. The third-order valence-electron chi connectivity index (χ3n) is 5.61. The predicted octanol–water partition coefficient (Wildman–Crippen LogP) is 5.22. The van der Waals surface area contributed by atoms with Crippen LogP contribution in [0.3, 0.4) is 0 Å². The molecule has 144 valence electrons. The second-order valence-corrected chi connectivity index (χ2v) is 12.1. The fourth-order valence-corrected chi connectivity index (χ4v) is 6.16. The monoisotopic (exact) mass is 388 g/mol. The van der Waals surface area contributed by atoms with E-state index in [2.05, 4.69) is 56.1 Å². The molecule has 0 aliphatic heterocycles. The normalized spacial score (nSPS) is 13.6. The highest BCUT2D eigenvalue weighted by Crippen LogP contribution is 2.40. The molecular weight excluding hydrogens is 360 g/mol. The summed E-state index contributed by atoms with van der Waals surface area (Å²) in [4.78, 5) is 0. The molecule has 0 aromatic heterocycles. The van der Waals surface area contributed by atoms with Crippen LogP contribution in [-0.2, 0) is 0 Å². The Kier molecular flexibility index (Phi) is 6.17. The highest BCUT2D eigenvalue weighted by atomic mass is 28.3. The molecule has 0 spiro atoms. The molecule has 1 N–H and O–H groups in total. The molecule has 0 saturated heterocycles. The van der Waals surface area contributed by atoms with Crippen molar-refractivity contribution < 1.29 is 9.84 Å². The maximum Gasteiger partial charge on any atom is 0.118 e. The van der Waals surface area contributed by atoms with E-state index < -0.39 is 14.2 Å². The minimum atomic E-state index is -2.02. The van der Waals surface area contributed by atoms with Crippen molar-refractivity contribution in [2.24, 2.45) is 0 Å². The molecule has 0 aliphatic rings.